The SMILES string of the molecule is CC(C)CC(CNC(=O)CCn1cnc2sccc2c1=O)N1CCOCC1. The molecule has 2 aromatic rings. The van der Waals surface area contributed by atoms with Crippen molar-refractivity contribution in [1.82, 2.24) is 19.8 Å². The molecule has 2 aromatic heterocycles. The summed E-state index contributed by atoms with van der Waals surface area (Å²) in [4.78, 5) is 32.1. The molecule has 0 saturated carbocycles. The molecule has 0 bridgehead atoms. The van der Waals surface area contributed by atoms with E-state index in [0.29, 0.717) is 30.4 Å². The van der Waals surface area contributed by atoms with Crippen LogP contribution >= 0.6 is 11.3 Å². The van der Waals surface area contributed by atoms with E-state index < -0.39 is 0 Å². The van der Waals surface area contributed by atoms with Gasteiger partial charge in [0.05, 0.1) is 24.9 Å². The lowest BCUT2D eigenvalue weighted by molar-refractivity contribution is -0.121. The van der Waals surface area contributed by atoms with Crippen LogP contribution in [0.4, 0.5) is 0 Å². The summed E-state index contributed by atoms with van der Waals surface area (Å²) in [6, 6.07) is 2.11. The van der Waals surface area contributed by atoms with Gasteiger partial charge in [0, 0.05) is 38.6 Å². The second-order valence-corrected chi connectivity index (χ2v) is 8.26. The van der Waals surface area contributed by atoms with E-state index in [1.54, 1.807) is 6.07 Å². The zero-order valence-electron chi connectivity index (χ0n) is 16.0. The van der Waals surface area contributed by atoms with Crippen molar-refractivity contribution in [2.75, 3.05) is 32.8 Å². The molecule has 148 valence electrons. The van der Waals surface area contributed by atoms with Gasteiger partial charge in [0.1, 0.15) is 4.83 Å². The van der Waals surface area contributed by atoms with Crippen LogP contribution in [0.5, 0.6) is 0 Å². The van der Waals surface area contributed by atoms with Crippen LogP contribution in [0.3, 0.4) is 0 Å². The Kier molecular flexibility index (Phi) is 6.98. The summed E-state index contributed by atoms with van der Waals surface area (Å²) in [5.41, 5.74) is -0.0833. The van der Waals surface area contributed by atoms with Crippen molar-refractivity contribution in [3.05, 3.63) is 28.1 Å². The first-order valence-electron chi connectivity index (χ1n) is 9.55. The molecular weight excluding hydrogens is 364 g/mol. The Morgan fingerprint density at radius 1 is 1.37 bits per heavy atom. The number of thiophene rings is 1. The average Bonchev–Trinajstić information content (AvgIpc) is 3.14. The Morgan fingerprint density at radius 2 is 2.15 bits per heavy atom. The molecule has 1 aliphatic heterocycles. The topological polar surface area (TPSA) is 76.5 Å². The van der Waals surface area contributed by atoms with Gasteiger partial charge in [0.25, 0.3) is 5.56 Å². The molecule has 27 heavy (non-hydrogen) atoms. The molecule has 0 radical (unpaired) electrons. The van der Waals surface area contributed by atoms with Crippen LogP contribution in [0, 0.1) is 5.92 Å². The van der Waals surface area contributed by atoms with E-state index in [9.17, 15) is 9.59 Å². The van der Waals surface area contributed by atoms with Crippen molar-refractivity contribution in [3.8, 4) is 0 Å². The highest BCUT2D eigenvalue weighted by Crippen LogP contribution is 2.14. The van der Waals surface area contributed by atoms with Gasteiger partial charge in [-0.05, 0) is 23.8 Å². The Hall–Kier alpha value is -1.77. The van der Waals surface area contributed by atoms with Crippen LogP contribution in [0.25, 0.3) is 10.2 Å². The van der Waals surface area contributed by atoms with Crippen molar-refractivity contribution in [2.45, 2.75) is 39.3 Å². The molecular formula is C19H28N4O3S. The van der Waals surface area contributed by atoms with Crippen molar-refractivity contribution >= 4 is 27.5 Å². The number of hydrogen-bond acceptors (Lipinski definition) is 6. The predicted molar refractivity (Wildman–Crippen MR) is 107 cm³/mol. The molecule has 7 nitrogen and oxygen atoms in total. The summed E-state index contributed by atoms with van der Waals surface area (Å²) in [5.74, 6) is 0.533. The van der Waals surface area contributed by atoms with Gasteiger partial charge in [-0.1, -0.05) is 13.8 Å². The fourth-order valence-corrected chi connectivity index (χ4v) is 4.17. The van der Waals surface area contributed by atoms with Crippen LogP contribution in [-0.2, 0) is 16.1 Å². The molecule has 8 heteroatoms. The zero-order valence-corrected chi connectivity index (χ0v) is 16.8. The van der Waals surface area contributed by atoms with E-state index in [-0.39, 0.29) is 17.9 Å². The standard InChI is InChI=1S/C19H28N4O3S/c1-14(2)11-15(22-6-8-26-9-7-22)12-20-17(24)3-5-23-13-21-18-16(19(23)25)4-10-27-18/h4,10,13-15H,3,5-9,11-12H2,1-2H3,(H,20,24). The maximum atomic E-state index is 12.4. The first kappa shape index (κ1) is 20.0. The zero-order chi connectivity index (χ0) is 19.2. The monoisotopic (exact) mass is 392 g/mol. The van der Waals surface area contributed by atoms with Crippen LogP contribution in [0.2, 0.25) is 0 Å². The lowest BCUT2D eigenvalue weighted by Gasteiger charge is -2.35. The normalized spacial score (nSPS) is 16.7. The van der Waals surface area contributed by atoms with Crippen LogP contribution in [0.15, 0.2) is 22.6 Å². The number of carbonyl (C=O) groups excluding carboxylic acids is 1. The highest BCUT2D eigenvalue weighted by atomic mass is 32.1. The highest BCUT2D eigenvalue weighted by Gasteiger charge is 2.22. The summed E-state index contributed by atoms with van der Waals surface area (Å²) in [6.07, 6.45) is 2.84. The summed E-state index contributed by atoms with van der Waals surface area (Å²) in [7, 11) is 0. The van der Waals surface area contributed by atoms with Gasteiger partial charge in [0.2, 0.25) is 5.91 Å². The van der Waals surface area contributed by atoms with E-state index in [0.717, 1.165) is 37.6 Å². The van der Waals surface area contributed by atoms with Gasteiger partial charge in [0.15, 0.2) is 0 Å². The number of carbonyl (C=O) groups is 1. The average molecular weight is 393 g/mol. The molecule has 3 rings (SSSR count). The largest absolute Gasteiger partial charge is 0.379 e. The molecule has 0 aromatic carbocycles. The third kappa shape index (κ3) is 5.37. The Labute approximate surface area is 163 Å². The number of morpholine rings is 1. The molecule has 1 unspecified atom stereocenters. The van der Waals surface area contributed by atoms with Crippen LogP contribution < -0.4 is 10.9 Å². The number of rotatable bonds is 8. The number of hydrogen-bond donors (Lipinski definition) is 1. The van der Waals surface area contributed by atoms with Crippen LogP contribution in [-0.4, -0.2) is 59.2 Å². The fraction of sp³-hybridized carbons (Fsp3) is 0.632. The van der Waals surface area contributed by atoms with Crippen LogP contribution in [0.1, 0.15) is 26.7 Å². The number of amides is 1. The van der Waals surface area contributed by atoms with Gasteiger partial charge in [-0.15, -0.1) is 11.3 Å². The Morgan fingerprint density at radius 3 is 2.89 bits per heavy atom. The van der Waals surface area contributed by atoms with E-state index in [4.69, 9.17) is 4.74 Å². The Bertz CT molecular complexity index is 811. The fourth-order valence-electron chi connectivity index (χ4n) is 3.44. The Balaban J connectivity index is 1.52. The maximum Gasteiger partial charge on any atom is 0.262 e. The van der Waals surface area contributed by atoms with Gasteiger partial charge < -0.3 is 10.1 Å². The first-order valence-corrected chi connectivity index (χ1v) is 10.4. The van der Waals surface area contributed by atoms with E-state index in [1.165, 1.54) is 22.2 Å². The van der Waals surface area contributed by atoms with Gasteiger partial charge >= 0.3 is 0 Å². The number of ether oxygens (including phenoxy) is 1. The number of nitrogens with zero attached hydrogens (tertiary/aromatic N) is 3. The molecule has 1 fully saturated rings. The minimum atomic E-state index is -0.0833. The van der Waals surface area contributed by atoms with Gasteiger partial charge in [-0.25, -0.2) is 4.98 Å². The molecule has 1 aliphatic rings. The minimum absolute atomic E-state index is 0.0330. The number of nitrogens with one attached hydrogen (secondary N) is 1. The predicted octanol–water partition coefficient (Wildman–Crippen LogP) is 1.71. The van der Waals surface area contributed by atoms with Gasteiger partial charge in [-0.3, -0.25) is 19.1 Å². The van der Waals surface area contributed by atoms with Crippen molar-refractivity contribution in [1.29, 1.82) is 0 Å². The van der Waals surface area contributed by atoms with E-state index in [2.05, 4.69) is 29.0 Å². The van der Waals surface area contributed by atoms with Crippen molar-refractivity contribution in [3.63, 3.8) is 0 Å². The lowest BCUT2D eigenvalue weighted by atomic mass is 10.0. The molecule has 1 N–H and O–H groups in total. The molecule has 0 spiro atoms. The van der Waals surface area contributed by atoms with E-state index >= 15 is 0 Å². The van der Waals surface area contributed by atoms with Gasteiger partial charge in [-0.2, -0.15) is 0 Å². The number of aromatic nitrogens is 2. The smallest absolute Gasteiger partial charge is 0.262 e. The number of aryl methyl sites for hydroxylation is 1. The summed E-state index contributed by atoms with van der Waals surface area (Å²) in [5, 5.41) is 5.53. The molecule has 1 atom stereocenters. The molecule has 0 aliphatic carbocycles. The molecule has 1 saturated heterocycles. The minimum Gasteiger partial charge on any atom is -0.379 e. The third-order valence-corrected chi connectivity index (χ3v) is 5.69. The van der Waals surface area contributed by atoms with Crippen molar-refractivity contribution in [2.24, 2.45) is 5.92 Å². The second kappa shape index (κ2) is 9.43. The summed E-state index contributed by atoms with van der Waals surface area (Å²) < 4.78 is 6.95. The summed E-state index contributed by atoms with van der Waals surface area (Å²) >= 11 is 1.45. The maximum absolute atomic E-state index is 12.4. The summed E-state index contributed by atoms with van der Waals surface area (Å²) in [6.45, 7) is 8.71. The highest BCUT2D eigenvalue weighted by molar-refractivity contribution is 7.16. The third-order valence-electron chi connectivity index (χ3n) is 4.87. The molecule has 3 heterocycles. The molecule has 1 amide bonds. The second-order valence-electron chi connectivity index (χ2n) is 7.37. The number of fused-ring (bicyclic) bond motifs is 1. The van der Waals surface area contributed by atoms with E-state index in [1.807, 2.05) is 5.38 Å². The lowest BCUT2D eigenvalue weighted by Crippen LogP contribution is -2.49. The first-order chi connectivity index (χ1) is 13.0. The van der Waals surface area contributed by atoms with Crippen molar-refractivity contribution < 1.29 is 9.53 Å². The quantitative estimate of drug-likeness (QED) is 0.740.